The summed E-state index contributed by atoms with van der Waals surface area (Å²) in [4.78, 5) is 22.9. The van der Waals surface area contributed by atoms with Crippen LogP contribution >= 0.6 is 0 Å². The first-order valence-corrected chi connectivity index (χ1v) is 11.2. The molecule has 1 amide bonds. The highest BCUT2D eigenvalue weighted by molar-refractivity contribution is 5.68. The van der Waals surface area contributed by atoms with Gasteiger partial charge in [-0.2, -0.15) is 5.26 Å². The molecular formula is C24H33N5O3. The highest BCUT2D eigenvalue weighted by Gasteiger charge is 2.29. The van der Waals surface area contributed by atoms with Crippen LogP contribution in [-0.2, 0) is 4.74 Å². The molecule has 8 heteroatoms. The Morgan fingerprint density at radius 3 is 2.69 bits per heavy atom. The molecule has 0 aromatic carbocycles. The molecule has 3 rings (SSSR count). The van der Waals surface area contributed by atoms with Crippen LogP contribution in [0, 0.1) is 23.7 Å². The maximum absolute atomic E-state index is 12.5. The largest absolute Gasteiger partial charge is 0.488 e. The minimum absolute atomic E-state index is 0.130. The predicted octanol–water partition coefficient (Wildman–Crippen LogP) is 2.88. The molecule has 2 aliphatic heterocycles. The Morgan fingerprint density at radius 2 is 2.00 bits per heavy atom. The molecule has 1 aromatic heterocycles. The number of aromatic nitrogens is 1. The number of hydrogen-bond acceptors (Lipinski definition) is 7. The van der Waals surface area contributed by atoms with Gasteiger partial charge in [-0.25, -0.2) is 9.78 Å². The molecule has 8 nitrogen and oxygen atoms in total. The predicted molar refractivity (Wildman–Crippen MR) is 122 cm³/mol. The third-order valence-corrected chi connectivity index (χ3v) is 5.52. The van der Waals surface area contributed by atoms with Crippen LogP contribution in [0.4, 0.5) is 10.6 Å². The lowest BCUT2D eigenvalue weighted by Gasteiger charge is -2.34. The van der Waals surface area contributed by atoms with Gasteiger partial charge < -0.3 is 24.2 Å². The summed E-state index contributed by atoms with van der Waals surface area (Å²) < 4.78 is 11.7. The number of amides is 1. The van der Waals surface area contributed by atoms with Crippen LogP contribution in [0.5, 0.6) is 5.75 Å². The Labute approximate surface area is 191 Å². The van der Waals surface area contributed by atoms with Gasteiger partial charge in [0.2, 0.25) is 0 Å². The molecular weight excluding hydrogens is 406 g/mol. The minimum atomic E-state index is -0.540. The molecule has 0 radical (unpaired) electrons. The van der Waals surface area contributed by atoms with Crippen LogP contribution in [0.1, 0.15) is 45.7 Å². The van der Waals surface area contributed by atoms with Gasteiger partial charge in [0.05, 0.1) is 6.54 Å². The summed E-state index contributed by atoms with van der Waals surface area (Å²) >= 11 is 0. The Kier molecular flexibility index (Phi) is 7.48. The molecule has 3 heterocycles. The SMILES string of the molecule is C#C[C@H]1CN(C)CCCN1c1cc(OC2CCCN(C(=O)OC(C)(C)C)C2)cc(C#N)n1. The first kappa shape index (κ1) is 23.7. The fraction of sp³-hybridized carbons (Fsp3) is 0.625. The number of likely N-dealkylation sites (N-methyl/N-ethyl adjacent to an activating group) is 1. The lowest BCUT2D eigenvalue weighted by atomic mass is 10.1. The van der Waals surface area contributed by atoms with Crippen molar-refractivity contribution in [3.63, 3.8) is 0 Å². The number of terminal acetylenes is 1. The molecule has 32 heavy (non-hydrogen) atoms. The summed E-state index contributed by atoms with van der Waals surface area (Å²) in [5.41, 5.74) is -0.257. The van der Waals surface area contributed by atoms with Crippen molar-refractivity contribution in [3.8, 4) is 24.2 Å². The van der Waals surface area contributed by atoms with Gasteiger partial charge in [-0.1, -0.05) is 5.92 Å². The van der Waals surface area contributed by atoms with E-state index in [1.54, 1.807) is 11.0 Å². The van der Waals surface area contributed by atoms with Crippen molar-refractivity contribution < 1.29 is 14.3 Å². The van der Waals surface area contributed by atoms with E-state index < -0.39 is 5.60 Å². The van der Waals surface area contributed by atoms with Gasteiger partial charge in [0.15, 0.2) is 0 Å². The zero-order valence-electron chi connectivity index (χ0n) is 19.5. The maximum atomic E-state index is 12.5. The quantitative estimate of drug-likeness (QED) is 0.670. The summed E-state index contributed by atoms with van der Waals surface area (Å²) in [6.07, 6.45) is 7.90. The highest BCUT2D eigenvalue weighted by atomic mass is 16.6. The van der Waals surface area contributed by atoms with Crippen molar-refractivity contribution >= 4 is 11.9 Å². The fourth-order valence-corrected chi connectivity index (χ4v) is 4.05. The zero-order chi connectivity index (χ0) is 23.3. The Hall–Kier alpha value is -2.97. The van der Waals surface area contributed by atoms with E-state index in [4.69, 9.17) is 15.9 Å². The first-order chi connectivity index (χ1) is 15.2. The number of ether oxygens (including phenoxy) is 2. The van der Waals surface area contributed by atoms with E-state index in [0.717, 1.165) is 38.9 Å². The molecule has 2 aliphatic rings. The molecule has 172 valence electrons. The average Bonchev–Trinajstić information content (AvgIpc) is 2.93. The molecule has 1 aromatic rings. The van der Waals surface area contributed by atoms with Crippen LogP contribution in [0.2, 0.25) is 0 Å². The Bertz CT molecular complexity index is 898. The van der Waals surface area contributed by atoms with E-state index in [1.807, 2.05) is 26.8 Å². The second kappa shape index (κ2) is 10.1. The van der Waals surface area contributed by atoms with E-state index in [9.17, 15) is 10.1 Å². The number of pyridine rings is 1. The van der Waals surface area contributed by atoms with Crippen molar-refractivity contribution in [2.45, 2.75) is 57.8 Å². The second-order valence-electron chi connectivity index (χ2n) is 9.46. The molecule has 0 N–H and O–H groups in total. The molecule has 2 atom stereocenters. The van der Waals surface area contributed by atoms with E-state index >= 15 is 0 Å². The second-order valence-corrected chi connectivity index (χ2v) is 9.46. The van der Waals surface area contributed by atoms with Gasteiger partial charge in [0.25, 0.3) is 0 Å². The van der Waals surface area contributed by atoms with E-state index in [0.29, 0.717) is 24.7 Å². The van der Waals surface area contributed by atoms with Crippen molar-refractivity contribution in [2.24, 2.45) is 0 Å². The van der Waals surface area contributed by atoms with Crippen LogP contribution in [-0.4, -0.2) is 78.4 Å². The van der Waals surface area contributed by atoms with E-state index in [-0.39, 0.29) is 23.9 Å². The third kappa shape index (κ3) is 6.27. The molecule has 1 unspecified atom stereocenters. The summed E-state index contributed by atoms with van der Waals surface area (Å²) in [7, 11) is 2.06. The van der Waals surface area contributed by atoms with Crippen molar-refractivity contribution in [1.29, 1.82) is 5.26 Å². The number of carbonyl (C=O) groups is 1. The summed E-state index contributed by atoms with van der Waals surface area (Å²) in [6.45, 7) is 9.10. The topological polar surface area (TPSA) is 81.9 Å². The van der Waals surface area contributed by atoms with Crippen LogP contribution in [0.3, 0.4) is 0 Å². The molecule has 0 saturated carbocycles. The standard InChI is InChI=1S/C24H33N5O3/c1-6-19-16-27(5)10-8-12-29(19)22-14-21(13-18(15-25)26-22)31-20-9-7-11-28(17-20)23(30)32-24(2,3)4/h1,13-14,19-20H,7-12,16-17H2,2-5H3/t19-,20?/m0/s1. The number of nitrogens with zero attached hydrogens (tertiary/aromatic N) is 5. The zero-order valence-corrected chi connectivity index (χ0v) is 19.5. The number of carbonyl (C=O) groups excluding carboxylic acids is 1. The van der Waals surface area contributed by atoms with E-state index in [2.05, 4.69) is 33.8 Å². The van der Waals surface area contributed by atoms with Gasteiger partial charge in [-0.05, 0) is 53.6 Å². The summed E-state index contributed by atoms with van der Waals surface area (Å²) in [5, 5.41) is 9.53. The average molecular weight is 440 g/mol. The van der Waals surface area contributed by atoms with Gasteiger partial charge in [-0.15, -0.1) is 6.42 Å². The molecule has 0 spiro atoms. The van der Waals surface area contributed by atoms with E-state index in [1.165, 1.54) is 0 Å². The maximum Gasteiger partial charge on any atom is 0.410 e. The molecule has 0 aliphatic carbocycles. The van der Waals surface area contributed by atoms with Gasteiger partial charge in [0, 0.05) is 31.8 Å². The molecule has 0 bridgehead atoms. The van der Waals surface area contributed by atoms with Crippen LogP contribution in [0.25, 0.3) is 0 Å². The number of anilines is 1. The van der Waals surface area contributed by atoms with Gasteiger partial charge >= 0.3 is 6.09 Å². The molecule has 2 fully saturated rings. The van der Waals surface area contributed by atoms with Crippen molar-refractivity contribution in [2.75, 3.05) is 44.7 Å². The molecule has 2 saturated heterocycles. The van der Waals surface area contributed by atoms with Gasteiger partial charge in [-0.3, -0.25) is 0 Å². The monoisotopic (exact) mass is 439 g/mol. The Morgan fingerprint density at radius 1 is 1.22 bits per heavy atom. The van der Waals surface area contributed by atoms with Crippen LogP contribution < -0.4 is 9.64 Å². The van der Waals surface area contributed by atoms with Crippen LogP contribution in [0.15, 0.2) is 12.1 Å². The number of likely N-dealkylation sites (tertiary alicyclic amines) is 1. The fourth-order valence-electron chi connectivity index (χ4n) is 4.05. The lowest BCUT2D eigenvalue weighted by molar-refractivity contribution is 0.00775. The number of piperidine rings is 1. The Balaban J connectivity index is 1.76. The minimum Gasteiger partial charge on any atom is -0.488 e. The lowest BCUT2D eigenvalue weighted by Crippen LogP contribution is -2.46. The van der Waals surface area contributed by atoms with Gasteiger partial charge in [0.1, 0.15) is 41.1 Å². The first-order valence-electron chi connectivity index (χ1n) is 11.2. The number of hydrogen-bond donors (Lipinski definition) is 0. The normalized spacial score (nSPS) is 22.4. The third-order valence-electron chi connectivity index (χ3n) is 5.52. The number of rotatable bonds is 3. The number of nitriles is 1. The summed E-state index contributed by atoms with van der Waals surface area (Å²) in [6, 6.07) is 5.49. The summed E-state index contributed by atoms with van der Waals surface area (Å²) in [5.74, 6) is 4.08. The van der Waals surface area contributed by atoms with Crippen molar-refractivity contribution in [3.05, 3.63) is 17.8 Å². The smallest absolute Gasteiger partial charge is 0.410 e. The highest BCUT2D eigenvalue weighted by Crippen LogP contribution is 2.27. The van der Waals surface area contributed by atoms with Crippen molar-refractivity contribution in [1.82, 2.24) is 14.8 Å².